The first-order valence-corrected chi connectivity index (χ1v) is 10.4. The van der Waals surface area contributed by atoms with E-state index in [-0.39, 0.29) is 5.52 Å². The van der Waals surface area contributed by atoms with E-state index in [0.29, 0.717) is 17.2 Å². The van der Waals surface area contributed by atoms with Crippen LogP contribution in [0.1, 0.15) is 18.9 Å². The van der Waals surface area contributed by atoms with Crippen molar-refractivity contribution in [1.82, 2.24) is 14.8 Å². The van der Waals surface area contributed by atoms with Gasteiger partial charge in [0.2, 0.25) is 0 Å². The molecule has 0 bridgehead atoms. The van der Waals surface area contributed by atoms with Gasteiger partial charge < -0.3 is 14.7 Å². The molecule has 7 heteroatoms. The summed E-state index contributed by atoms with van der Waals surface area (Å²) in [4.78, 5) is 11.2. The van der Waals surface area contributed by atoms with E-state index in [9.17, 15) is 13.2 Å². The first kappa shape index (κ1) is 20.4. The van der Waals surface area contributed by atoms with Gasteiger partial charge in [-0.3, -0.25) is 4.98 Å². The number of aromatic nitrogens is 1. The number of hydrogen-bond donors (Lipinski definition) is 0. The molecule has 29 heavy (non-hydrogen) atoms. The van der Waals surface area contributed by atoms with Gasteiger partial charge in [-0.2, -0.15) is 13.2 Å². The minimum atomic E-state index is -4.40. The number of benzene rings is 1. The van der Waals surface area contributed by atoms with Crippen molar-refractivity contribution in [3.8, 4) is 0 Å². The second-order valence-electron chi connectivity index (χ2n) is 8.75. The lowest BCUT2D eigenvalue weighted by molar-refractivity contribution is -0.136. The van der Waals surface area contributed by atoms with Gasteiger partial charge in [0.25, 0.3) is 0 Å². The van der Waals surface area contributed by atoms with Crippen molar-refractivity contribution in [2.45, 2.75) is 19.5 Å². The van der Waals surface area contributed by atoms with Gasteiger partial charge in [0.1, 0.15) is 0 Å². The third kappa shape index (κ3) is 4.51. The maximum Gasteiger partial charge on any atom is 0.418 e. The van der Waals surface area contributed by atoms with Crippen LogP contribution in [-0.4, -0.2) is 67.6 Å². The van der Waals surface area contributed by atoms with Gasteiger partial charge >= 0.3 is 6.18 Å². The Balaban J connectivity index is 1.58. The molecule has 4 nitrogen and oxygen atoms in total. The monoisotopic (exact) mass is 406 g/mol. The molecule has 158 valence electrons. The molecule has 2 aliphatic rings. The molecule has 1 aromatic heterocycles. The molecule has 0 amide bonds. The third-order valence-electron chi connectivity index (χ3n) is 6.25. The van der Waals surface area contributed by atoms with Gasteiger partial charge in [0.05, 0.1) is 11.1 Å². The van der Waals surface area contributed by atoms with E-state index < -0.39 is 11.7 Å². The maximum absolute atomic E-state index is 13.4. The number of fused-ring (bicyclic) bond motifs is 1. The normalized spacial score (nSPS) is 24.9. The molecule has 2 aromatic rings. The number of pyridine rings is 1. The van der Waals surface area contributed by atoms with Crippen LogP contribution in [0.2, 0.25) is 0 Å². The number of anilines is 1. The fourth-order valence-corrected chi connectivity index (χ4v) is 4.87. The van der Waals surface area contributed by atoms with Crippen LogP contribution in [-0.2, 0) is 6.18 Å². The van der Waals surface area contributed by atoms with E-state index in [0.717, 1.165) is 51.5 Å². The van der Waals surface area contributed by atoms with Crippen LogP contribution in [0, 0.1) is 11.8 Å². The smallest absolute Gasteiger partial charge is 0.370 e. The fraction of sp³-hybridized carbons (Fsp3) is 0.591. The molecule has 0 saturated carbocycles. The predicted octanol–water partition coefficient (Wildman–Crippen LogP) is 3.96. The van der Waals surface area contributed by atoms with Crippen LogP contribution < -0.4 is 4.90 Å². The summed E-state index contributed by atoms with van der Waals surface area (Å²) < 4.78 is 40.3. The van der Waals surface area contributed by atoms with E-state index in [1.165, 1.54) is 18.7 Å². The van der Waals surface area contributed by atoms with Crippen molar-refractivity contribution in [2.24, 2.45) is 11.8 Å². The highest BCUT2D eigenvalue weighted by Crippen LogP contribution is 2.39. The SMILES string of the molecule is CC1CC(CN2CCN(C)CC2)CN(c2ccc(C(F)(F)F)c3ncccc23)C1. The Morgan fingerprint density at radius 2 is 1.83 bits per heavy atom. The molecule has 2 aliphatic heterocycles. The molecule has 3 heterocycles. The first-order valence-electron chi connectivity index (χ1n) is 10.4. The average molecular weight is 406 g/mol. The van der Waals surface area contributed by atoms with Gasteiger partial charge in [-0.1, -0.05) is 6.92 Å². The first-order chi connectivity index (χ1) is 13.8. The lowest BCUT2D eigenvalue weighted by Crippen LogP contribution is -2.49. The minimum absolute atomic E-state index is 0.0475. The summed E-state index contributed by atoms with van der Waals surface area (Å²) in [5.41, 5.74) is 0.262. The summed E-state index contributed by atoms with van der Waals surface area (Å²) in [6.07, 6.45) is -1.79. The summed E-state index contributed by atoms with van der Waals surface area (Å²) in [7, 11) is 2.16. The molecule has 2 saturated heterocycles. The number of likely N-dealkylation sites (N-methyl/N-ethyl adjacent to an activating group) is 1. The van der Waals surface area contributed by atoms with Crippen LogP contribution in [0.3, 0.4) is 0 Å². The summed E-state index contributed by atoms with van der Waals surface area (Å²) >= 11 is 0. The van der Waals surface area contributed by atoms with E-state index in [1.54, 1.807) is 18.2 Å². The van der Waals surface area contributed by atoms with Crippen molar-refractivity contribution in [1.29, 1.82) is 0 Å². The lowest BCUT2D eigenvalue weighted by Gasteiger charge is -2.41. The molecular formula is C22H29F3N4. The Kier molecular flexibility index (Phi) is 5.71. The topological polar surface area (TPSA) is 22.6 Å². The van der Waals surface area contributed by atoms with Crippen molar-refractivity contribution < 1.29 is 13.2 Å². The quantitative estimate of drug-likeness (QED) is 0.770. The van der Waals surface area contributed by atoms with Gasteiger partial charge in [0.15, 0.2) is 0 Å². The average Bonchev–Trinajstić information content (AvgIpc) is 2.67. The highest BCUT2D eigenvalue weighted by atomic mass is 19.4. The second kappa shape index (κ2) is 8.11. The summed E-state index contributed by atoms with van der Waals surface area (Å²) in [5.74, 6) is 1.03. The standard InChI is InChI=1S/C22H29F3N4/c1-16-12-17(14-28-10-8-27(2)9-11-28)15-29(13-16)20-6-5-19(22(23,24)25)21-18(20)4-3-7-26-21/h3-7,16-17H,8-15H2,1-2H3. The Morgan fingerprint density at radius 3 is 2.55 bits per heavy atom. The van der Waals surface area contributed by atoms with Crippen LogP contribution in [0.4, 0.5) is 18.9 Å². The third-order valence-corrected chi connectivity index (χ3v) is 6.25. The fourth-order valence-electron chi connectivity index (χ4n) is 4.87. The molecule has 2 atom stereocenters. The number of piperidine rings is 1. The van der Waals surface area contributed by atoms with Crippen molar-refractivity contribution >= 4 is 16.6 Å². The molecule has 1 aromatic carbocycles. The Hall–Kier alpha value is -1.86. The Bertz CT molecular complexity index is 846. The van der Waals surface area contributed by atoms with E-state index in [2.05, 4.69) is 33.7 Å². The van der Waals surface area contributed by atoms with Gasteiger partial charge in [0, 0.05) is 63.1 Å². The molecular weight excluding hydrogens is 377 g/mol. The van der Waals surface area contributed by atoms with Gasteiger partial charge in [-0.15, -0.1) is 0 Å². The van der Waals surface area contributed by atoms with E-state index in [1.807, 2.05) is 0 Å². The lowest BCUT2D eigenvalue weighted by atomic mass is 9.89. The van der Waals surface area contributed by atoms with Crippen LogP contribution in [0.15, 0.2) is 30.5 Å². The van der Waals surface area contributed by atoms with Gasteiger partial charge in [-0.05, 0) is 49.6 Å². The summed E-state index contributed by atoms with van der Waals surface area (Å²) in [5, 5.41) is 0.592. The van der Waals surface area contributed by atoms with E-state index in [4.69, 9.17) is 0 Å². The summed E-state index contributed by atoms with van der Waals surface area (Å²) in [6, 6.07) is 6.32. The minimum Gasteiger partial charge on any atom is -0.370 e. The number of nitrogens with zero attached hydrogens (tertiary/aromatic N) is 4. The number of hydrogen-bond acceptors (Lipinski definition) is 4. The highest BCUT2D eigenvalue weighted by molar-refractivity contribution is 5.94. The van der Waals surface area contributed by atoms with Crippen molar-refractivity contribution in [3.63, 3.8) is 0 Å². The Morgan fingerprint density at radius 1 is 1.07 bits per heavy atom. The van der Waals surface area contributed by atoms with Crippen molar-refractivity contribution in [2.75, 3.05) is 57.8 Å². The second-order valence-corrected chi connectivity index (χ2v) is 8.75. The zero-order valence-corrected chi connectivity index (χ0v) is 17.1. The molecule has 2 fully saturated rings. The molecule has 4 rings (SSSR count). The maximum atomic E-state index is 13.4. The van der Waals surface area contributed by atoms with Crippen LogP contribution >= 0.6 is 0 Å². The zero-order valence-electron chi connectivity index (χ0n) is 17.1. The molecule has 0 N–H and O–H groups in total. The number of halogens is 3. The van der Waals surface area contributed by atoms with Crippen molar-refractivity contribution in [3.05, 3.63) is 36.0 Å². The van der Waals surface area contributed by atoms with Gasteiger partial charge in [-0.25, -0.2) is 0 Å². The number of piperazine rings is 1. The molecule has 0 radical (unpaired) electrons. The zero-order chi connectivity index (χ0) is 20.6. The van der Waals surface area contributed by atoms with Crippen LogP contribution in [0.5, 0.6) is 0 Å². The largest absolute Gasteiger partial charge is 0.418 e. The van der Waals surface area contributed by atoms with E-state index >= 15 is 0 Å². The molecule has 0 spiro atoms. The van der Waals surface area contributed by atoms with Crippen LogP contribution in [0.25, 0.3) is 10.9 Å². The Labute approximate surface area is 170 Å². The molecule has 0 aliphatic carbocycles. The molecule has 2 unspecified atom stereocenters. The summed E-state index contributed by atoms with van der Waals surface area (Å²) in [6.45, 7) is 9.44. The number of rotatable bonds is 3. The number of alkyl halides is 3. The highest BCUT2D eigenvalue weighted by Gasteiger charge is 2.35. The predicted molar refractivity (Wildman–Crippen MR) is 110 cm³/mol.